The summed E-state index contributed by atoms with van der Waals surface area (Å²) < 4.78 is 2.14. The largest absolute Gasteiger partial charge is 0.363 e. The molecule has 28 heavy (non-hydrogen) atoms. The number of para-hydroxylation sites is 1. The third-order valence-electron chi connectivity index (χ3n) is 4.79. The Morgan fingerprint density at radius 2 is 1.93 bits per heavy atom. The molecule has 0 spiro atoms. The Labute approximate surface area is 167 Å². The van der Waals surface area contributed by atoms with Crippen LogP contribution in [0.15, 0.2) is 53.7 Å². The molecule has 0 saturated carbocycles. The van der Waals surface area contributed by atoms with Crippen LogP contribution in [0.3, 0.4) is 0 Å². The number of fused-ring (bicyclic) bond motifs is 1. The molecule has 1 N–H and O–H groups in total. The fourth-order valence-corrected chi connectivity index (χ4v) is 3.20. The van der Waals surface area contributed by atoms with E-state index in [1.54, 1.807) is 0 Å². The summed E-state index contributed by atoms with van der Waals surface area (Å²) in [5.41, 5.74) is 3.43. The van der Waals surface area contributed by atoms with Crippen molar-refractivity contribution >= 4 is 22.7 Å². The van der Waals surface area contributed by atoms with Crippen molar-refractivity contribution in [2.45, 2.75) is 20.0 Å². The summed E-state index contributed by atoms with van der Waals surface area (Å²) >= 11 is 0. The van der Waals surface area contributed by atoms with Crippen molar-refractivity contribution in [3.05, 3.63) is 59.9 Å². The number of aromatic nitrogens is 2. The van der Waals surface area contributed by atoms with Crippen molar-refractivity contribution in [2.75, 3.05) is 32.6 Å². The van der Waals surface area contributed by atoms with E-state index < -0.39 is 0 Å². The highest BCUT2D eigenvalue weighted by atomic mass is 15.3. The van der Waals surface area contributed by atoms with E-state index in [1.165, 1.54) is 11.3 Å². The Bertz CT molecular complexity index is 957. The van der Waals surface area contributed by atoms with Crippen LogP contribution >= 0.6 is 0 Å². The average molecular weight is 379 g/mol. The second-order valence-electron chi connectivity index (χ2n) is 7.19. The molecule has 0 unspecified atom stereocenters. The predicted molar refractivity (Wildman–Crippen MR) is 118 cm³/mol. The van der Waals surface area contributed by atoms with E-state index in [9.17, 15) is 0 Å². The molecular weight excluding hydrogens is 348 g/mol. The summed E-state index contributed by atoms with van der Waals surface area (Å²) in [7, 11) is 8.17. The van der Waals surface area contributed by atoms with Crippen LogP contribution in [0, 0.1) is 0 Å². The Morgan fingerprint density at radius 1 is 1.14 bits per heavy atom. The monoisotopic (exact) mass is 378 g/mol. The maximum absolute atomic E-state index is 4.92. The number of pyridine rings is 1. The summed E-state index contributed by atoms with van der Waals surface area (Å²) in [4.78, 5) is 13.9. The number of guanidine groups is 1. The topological polar surface area (TPSA) is 48.7 Å². The molecule has 0 aliphatic carbocycles. The van der Waals surface area contributed by atoms with Crippen molar-refractivity contribution in [1.29, 1.82) is 0 Å². The Kier molecular flexibility index (Phi) is 6.19. The number of anilines is 1. The van der Waals surface area contributed by atoms with Gasteiger partial charge in [-0.25, -0.2) is 9.98 Å². The van der Waals surface area contributed by atoms with Gasteiger partial charge in [0.2, 0.25) is 0 Å². The number of nitrogens with one attached hydrogen (secondary N) is 1. The maximum atomic E-state index is 4.92. The van der Waals surface area contributed by atoms with Gasteiger partial charge in [-0.15, -0.1) is 0 Å². The van der Waals surface area contributed by atoms with Gasteiger partial charge < -0.3 is 19.7 Å². The van der Waals surface area contributed by atoms with Crippen LogP contribution in [-0.4, -0.2) is 48.1 Å². The molecule has 3 aromatic rings. The summed E-state index contributed by atoms with van der Waals surface area (Å²) in [5, 5.41) is 4.56. The third kappa shape index (κ3) is 4.44. The molecule has 2 aromatic heterocycles. The van der Waals surface area contributed by atoms with Crippen LogP contribution in [0.5, 0.6) is 0 Å². The fourth-order valence-electron chi connectivity index (χ4n) is 3.20. The smallest absolute Gasteiger partial charge is 0.194 e. The van der Waals surface area contributed by atoms with Gasteiger partial charge in [-0.3, -0.25) is 0 Å². The number of nitrogens with zero attached hydrogens (tertiary/aromatic N) is 5. The van der Waals surface area contributed by atoms with Crippen LogP contribution in [0.4, 0.5) is 5.82 Å². The first-order chi connectivity index (χ1) is 13.5. The Hall–Kier alpha value is -3.02. The molecule has 0 aliphatic heterocycles. The van der Waals surface area contributed by atoms with Crippen LogP contribution in [0.25, 0.3) is 10.9 Å². The summed E-state index contributed by atoms with van der Waals surface area (Å²) in [5.74, 6) is 1.85. The van der Waals surface area contributed by atoms with Crippen LogP contribution in [-0.2, 0) is 20.1 Å². The predicted octanol–water partition coefficient (Wildman–Crippen LogP) is 3.24. The van der Waals surface area contributed by atoms with Gasteiger partial charge in [0.25, 0.3) is 0 Å². The molecule has 0 atom stereocenters. The number of hydrogen-bond acceptors (Lipinski definition) is 3. The minimum atomic E-state index is 0.601. The Balaban J connectivity index is 1.89. The third-order valence-corrected chi connectivity index (χ3v) is 4.79. The van der Waals surface area contributed by atoms with E-state index in [0.717, 1.165) is 35.8 Å². The standard InChI is InChI=1S/C22H30N6/c1-6-23-22(28(5)16-18-10-9-13-27(18)4)24-15-17-14-21(26(2)3)25-20-12-8-7-11-19(17)20/h7-14H,6,15-16H2,1-5H3,(H,23,24). The normalized spacial score (nSPS) is 11.7. The minimum absolute atomic E-state index is 0.601. The van der Waals surface area contributed by atoms with E-state index in [2.05, 4.69) is 78.4 Å². The van der Waals surface area contributed by atoms with E-state index in [4.69, 9.17) is 9.98 Å². The zero-order valence-electron chi connectivity index (χ0n) is 17.5. The van der Waals surface area contributed by atoms with Crippen molar-refractivity contribution in [2.24, 2.45) is 12.0 Å². The lowest BCUT2D eigenvalue weighted by molar-refractivity contribution is 0.462. The molecule has 1 aromatic carbocycles. The second kappa shape index (κ2) is 8.78. The van der Waals surface area contributed by atoms with Crippen LogP contribution in [0.2, 0.25) is 0 Å². The zero-order valence-corrected chi connectivity index (χ0v) is 17.5. The SMILES string of the molecule is CCNC(=NCc1cc(N(C)C)nc2ccccc12)N(C)Cc1cccn1C. The number of aryl methyl sites for hydroxylation is 1. The van der Waals surface area contributed by atoms with Crippen molar-refractivity contribution in [3.63, 3.8) is 0 Å². The van der Waals surface area contributed by atoms with Crippen molar-refractivity contribution < 1.29 is 0 Å². The Morgan fingerprint density at radius 3 is 2.61 bits per heavy atom. The van der Waals surface area contributed by atoms with Gasteiger partial charge in [-0.1, -0.05) is 18.2 Å². The molecule has 148 valence electrons. The lowest BCUT2D eigenvalue weighted by Crippen LogP contribution is -2.38. The molecule has 3 rings (SSSR count). The molecule has 6 nitrogen and oxygen atoms in total. The zero-order chi connectivity index (χ0) is 20.1. The van der Waals surface area contributed by atoms with Gasteiger partial charge in [0.15, 0.2) is 5.96 Å². The number of aliphatic imine (C=N–C) groups is 1. The summed E-state index contributed by atoms with van der Waals surface area (Å²) in [6, 6.07) is 14.6. The lowest BCUT2D eigenvalue weighted by Gasteiger charge is -2.22. The first-order valence-corrected chi connectivity index (χ1v) is 9.65. The first kappa shape index (κ1) is 19.7. The quantitative estimate of drug-likeness (QED) is 0.528. The fraction of sp³-hybridized carbons (Fsp3) is 0.364. The molecule has 0 aliphatic rings. The van der Waals surface area contributed by atoms with Crippen molar-refractivity contribution in [3.8, 4) is 0 Å². The van der Waals surface area contributed by atoms with E-state index in [0.29, 0.717) is 6.54 Å². The van der Waals surface area contributed by atoms with Gasteiger partial charge in [0, 0.05) is 52.0 Å². The molecule has 2 heterocycles. The van der Waals surface area contributed by atoms with E-state index in [-0.39, 0.29) is 0 Å². The highest BCUT2D eigenvalue weighted by Gasteiger charge is 2.10. The number of rotatable bonds is 6. The average Bonchev–Trinajstić information content (AvgIpc) is 3.09. The van der Waals surface area contributed by atoms with Crippen molar-refractivity contribution in [1.82, 2.24) is 19.8 Å². The van der Waals surface area contributed by atoms with Crippen LogP contribution in [0.1, 0.15) is 18.2 Å². The highest BCUT2D eigenvalue weighted by Crippen LogP contribution is 2.23. The molecule has 6 heteroatoms. The molecule has 0 saturated heterocycles. The van der Waals surface area contributed by atoms with Gasteiger partial charge >= 0.3 is 0 Å². The molecule has 0 amide bonds. The molecule has 0 fully saturated rings. The summed E-state index contributed by atoms with van der Waals surface area (Å²) in [6.07, 6.45) is 2.07. The molecular formula is C22H30N6. The van der Waals surface area contributed by atoms with Gasteiger partial charge in [0.1, 0.15) is 5.82 Å². The van der Waals surface area contributed by atoms with Crippen LogP contribution < -0.4 is 10.2 Å². The van der Waals surface area contributed by atoms with E-state index in [1.807, 2.05) is 25.1 Å². The second-order valence-corrected chi connectivity index (χ2v) is 7.19. The number of benzene rings is 1. The molecule has 0 bridgehead atoms. The lowest BCUT2D eigenvalue weighted by atomic mass is 10.1. The van der Waals surface area contributed by atoms with Gasteiger partial charge in [-0.05, 0) is 36.8 Å². The van der Waals surface area contributed by atoms with Gasteiger partial charge in [0.05, 0.1) is 18.6 Å². The maximum Gasteiger partial charge on any atom is 0.194 e. The number of hydrogen-bond donors (Lipinski definition) is 1. The highest BCUT2D eigenvalue weighted by molar-refractivity contribution is 5.85. The first-order valence-electron chi connectivity index (χ1n) is 9.65. The molecule has 0 radical (unpaired) electrons. The minimum Gasteiger partial charge on any atom is -0.363 e. The van der Waals surface area contributed by atoms with Gasteiger partial charge in [-0.2, -0.15) is 0 Å². The van der Waals surface area contributed by atoms with E-state index >= 15 is 0 Å². The summed E-state index contributed by atoms with van der Waals surface area (Å²) in [6.45, 7) is 4.33.